The van der Waals surface area contributed by atoms with Gasteiger partial charge in [0.15, 0.2) is 5.78 Å². The van der Waals surface area contributed by atoms with E-state index in [9.17, 15) is 9.59 Å². The van der Waals surface area contributed by atoms with Gasteiger partial charge in [-0.2, -0.15) is 0 Å². The van der Waals surface area contributed by atoms with Crippen LogP contribution in [-0.2, 0) is 11.2 Å². The van der Waals surface area contributed by atoms with Crippen LogP contribution in [0.1, 0.15) is 36.7 Å². The number of nitrogens with one attached hydrogen (secondary N) is 1. The second-order valence-electron chi connectivity index (χ2n) is 4.64. The summed E-state index contributed by atoms with van der Waals surface area (Å²) in [6, 6.07) is 5.61. The maximum absolute atomic E-state index is 12.2. The number of benzene rings is 1. The maximum Gasteiger partial charge on any atom is 0.237 e. The number of carbonyl (C=O) groups excluding carboxylic acids is 2. The highest BCUT2D eigenvalue weighted by Crippen LogP contribution is 2.33. The Balaban J connectivity index is 2.57. The van der Waals surface area contributed by atoms with Gasteiger partial charge in [-0.1, -0.05) is 13.0 Å². The average molecular weight is 217 g/mol. The molecule has 1 aromatic carbocycles. The molecule has 0 fully saturated rings. The fraction of sp³-hybridized carbons (Fsp3) is 0.385. The molecule has 3 heteroatoms. The zero-order chi connectivity index (χ0) is 11.9. The molecule has 1 amide bonds. The molecule has 0 aliphatic carbocycles. The number of hydrogen-bond acceptors (Lipinski definition) is 2. The molecule has 3 nitrogen and oxygen atoms in total. The van der Waals surface area contributed by atoms with Crippen molar-refractivity contribution in [3.05, 3.63) is 29.3 Å². The molecular weight excluding hydrogens is 202 g/mol. The topological polar surface area (TPSA) is 46.2 Å². The molecule has 1 heterocycles. The summed E-state index contributed by atoms with van der Waals surface area (Å²) < 4.78 is 0. The van der Waals surface area contributed by atoms with Crippen LogP contribution < -0.4 is 5.32 Å². The van der Waals surface area contributed by atoms with Gasteiger partial charge in [0.25, 0.3) is 0 Å². The van der Waals surface area contributed by atoms with Crippen LogP contribution in [0.4, 0.5) is 5.69 Å². The Hall–Kier alpha value is -1.64. The van der Waals surface area contributed by atoms with Gasteiger partial charge in [0, 0.05) is 5.56 Å². The van der Waals surface area contributed by atoms with Gasteiger partial charge < -0.3 is 5.32 Å². The zero-order valence-corrected chi connectivity index (χ0v) is 9.76. The maximum atomic E-state index is 12.2. The fourth-order valence-corrected chi connectivity index (χ4v) is 1.83. The van der Waals surface area contributed by atoms with E-state index in [-0.39, 0.29) is 11.7 Å². The van der Waals surface area contributed by atoms with Gasteiger partial charge in [-0.3, -0.25) is 9.59 Å². The first-order chi connectivity index (χ1) is 7.46. The number of anilines is 1. The highest BCUT2D eigenvalue weighted by molar-refractivity contribution is 6.23. The van der Waals surface area contributed by atoms with Crippen LogP contribution in [0.25, 0.3) is 0 Å². The lowest BCUT2D eigenvalue weighted by atomic mass is 9.79. The number of hydrogen-bond donors (Lipinski definition) is 1. The lowest BCUT2D eigenvalue weighted by molar-refractivity contribution is -0.122. The third-order valence-electron chi connectivity index (χ3n) is 3.12. The van der Waals surface area contributed by atoms with E-state index in [1.54, 1.807) is 19.9 Å². The lowest BCUT2D eigenvalue weighted by Gasteiger charge is -2.29. The molecule has 2 rings (SSSR count). The van der Waals surface area contributed by atoms with E-state index in [0.29, 0.717) is 11.3 Å². The Morgan fingerprint density at radius 3 is 2.56 bits per heavy atom. The molecule has 0 saturated heterocycles. The van der Waals surface area contributed by atoms with Crippen molar-refractivity contribution in [3.8, 4) is 0 Å². The Labute approximate surface area is 94.9 Å². The second kappa shape index (κ2) is 3.44. The summed E-state index contributed by atoms with van der Waals surface area (Å²) in [4.78, 5) is 23.9. The SMILES string of the molecule is CCc1ccc2c(c1)C(=O)C(C)(C)C(=O)N2. The van der Waals surface area contributed by atoms with Gasteiger partial charge >= 0.3 is 0 Å². The summed E-state index contributed by atoms with van der Waals surface area (Å²) in [5, 5.41) is 2.77. The molecule has 16 heavy (non-hydrogen) atoms. The van der Waals surface area contributed by atoms with E-state index in [2.05, 4.69) is 5.32 Å². The highest BCUT2D eigenvalue weighted by atomic mass is 16.2. The predicted octanol–water partition coefficient (Wildman–Crippen LogP) is 2.41. The summed E-state index contributed by atoms with van der Waals surface area (Å²) in [6.45, 7) is 5.36. The minimum Gasteiger partial charge on any atom is -0.325 e. The Bertz CT molecular complexity index is 475. The van der Waals surface area contributed by atoms with Crippen LogP contribution in [0, 0.1) is 5.41 Å². The first-order valence-electron chi connectivity index (χ1n) is 5.46. The van der Waals surface area contributed by atoms with Crippen molar-refractivity contribution in [1.82, 2.24) is 0 Å². The monoisotopic (exact) mass is 217 g/mol. The van der Waals surface area contributed by atoms with Crippen LogP contribution in [0.5, 0.6) is 0 Å². The smallest absolute Gasteiger partial charge is 0.237 e. The molecule has 0 spiro atoms. The minimum absolute atomic E-state index is 0.0958. The van der Waals surface area contributed by atoms with E-state index in [1.165, 1.54) is 0 Å². The number of Topliss-reactive ketones (excluding diaryl/α,β-unsaturated/α-hetero) is 1. The van der Waals surface area contributed by atoms with Gasteiger partial charge in [-0.15, -0.1) is 0 Å². The van der Waals surface area contributed by atoms with E-state index in [0.717, 1.165) is 12.0 Å². The first-order valence-corrected chi connectivity index (χ1v) is 5.46. The number of carbonyl (C=O) groups is 2. The number of aryl methyl sites for hydroxylation is 1. The minimum atomic E-state index is -0.959. The predicted molar refractivity (Wildman–Crippen MR) is 62.6 cm³/mol. The zero-order valence-electron chi connectivity index (χ0n) is 9.76. The molecule has 0 unspecified atom stereocenters. The Kier molecular flexibility index (Phi) is 2.34. The fourth-order valence-electron chi connectivity index (χ4n) is 1.83. The van der Waals surface area contributed by atoms with E-state index >= 15 is 0 Å². The van der Waals surface area contributed by atoms with Gasteiger partial charge in [0.1, 0.15) is 5.41 Å². The van der Waals surface area contributed by atoms with Crippen LogP contribution in [0.15, 0.2) is 18.2 Å². The van der Waals surface area contributed by atoms with E-state index in [1.807, 2.05) is 19.1 Å². The number of ketones is 1. The molecule has 0 aromatic heterocycles. The van der Waals surface area contributed by atoms with Crippen molar-refractivity contribution in [2.45, 2.75) is 27.2 Å². The quantitative estimate of drug-likeness (QED) is 0.734. The lowest BCUT2D eigenvalue weighted by Crippen LogP contribution is -2.42. The summed E-state index contributed by atoms with van der Waals surface area (Å²) in [5.41, 5.74) is 1.41. The largest absolute Gasteiger partial charge is 0.325 e. The van der Waals surface area contributed by atoms with Crippen LogP contribution in [0.2, 0.25) is 0 Å². The van der Waals surface area contributed by atoms with Gasteiger partial charge in [0.2, 0.25) is 5.91 Å². The summed E-state index contributed by atoms with van der Waals surface area (Å²) >= 11 is 0. The number of rotatable bonds is 1. The van der Waals surface area contributed by atoms with Crippen molar-refractivity contribution < 1.29 is 9.59 Å². The third-order valence-corrected chi connectivity index (χ3v) is 3.12. The molecule has 0 atom stereocenters. The average Bonchev–Trinajstić information content (AvgIpc) is 2.27. The van der Waals surface area contributed by atoms with Crippen molar-refractivity contribution in [2.24, 2.45) is 5.41 Å². The van der Waals surface area contributed by atoms with Crippen LogP contribution in [0.3, 0.4) is 0 Å². The molecule has 84 valence electrons. The molecule has 0 radical (unpaired) electrons. The Morgan fingerprint density at radius 1 is 1.25 bits per heavy atom. The van der Waals surface area contributed by atoms with Crippen molar-refractivity contribution in [2.75, 3.05) is 5.32 Å². The van der Waals surface area contributed by atoms with Gasteiger partial charge in [-0.25, -0.2) is 0 Å². The summed E-state index contributed by atoms with van der Waals surface area (Å²) in [5.74, 6) is -0.323. The molecule has 0 bridgehead atoms. The molecular formula is C13H15NO2. The first kappa shape index (κ1) is 10.9. The summed E-state index contributed by atoms with van der Waals surface area (Å²) in [6.07, 6.45) is 0.884. The van der Waals surface area contributed by atoms with E-state index < -0.39 is 5.41 Å². The normalized spacial score (nSPS) is 17.9. The van der Waals surface area contributed by atoms with Crippen molar-refractivity contribution in [3.63, 3.8) is 0 Å². The Morgan fingerprint density at radius 2 is 1.94 bits per heavy atom. The molecule has 1 aliphatic rings. The van der Waals surface area contributed by atoms with Crippen LogP contribution in [-0.4, -0.2) is 11.7 Å². The molecule has 0 saturated carbocycles. The standard InChI is InChI=1S/C13H15NO2/c1-4-8-5-6-10-9(7-8)11(15)13(2,3)12(16)14-10/h5-7H,4H2,1-3H3,(H,14,16). The van der Waals surface area contributed by atoms with E-state index in [4.69, 9.17) is 0 Å². The highest BCUT2D eigenvalue weighted by Gasteiger charge is 2.41. The second-order valence-corrected chi connectivity index (χ2v) is 4.64. The molecule has 1 aliphatic heterocycles. The third kappa shape index (κ3) is 1.43. The number of amides is 1. The van der Waals surface area contributed by atoms with Crippen molar-refractivity contribution in [1.29, 1.82) is 0 Å². The van der Waals surface area contributed by atoms with Crippen molar-refractivity contribution >= 4 is 17.4 Å². The number of fused-ring (bicyclic) bond motifs is 1. The summed E-state index contributed by atoms with van der Waals surface area (Å²) in [7, 11) is 0. The molecule has 1 N–H and O–H groups in total. The molecule has 1 aromatic rings. The van der Waals surface area contributed by atoms with Crippen LogP contribution >= 0.6 is 0 Å². The van der Waals surface area contributed by atoms with Gasteiger partial charge in [0.05, 0.1) is 5.69 Å². The van der Waals surface area contributed by atoms with Gasteiger partial charge in [-0.05, 0) is 38.0 Å².